The molecule has 1 nitrogen and oxygen atoms in total. The Balaban J connectivity index is 3.04. The highest BCUT2D eigenvalue weighted by Crippen LogP contribution is 2.65. The molecule has 0 radical (unpaired) electrons. The summed E-state index contributed by atoms with van der Waals surface area (Å²) in [7, 11) is 0. The van der Waals surface area contributed by atoms with E-state index in [1.54, 1.807) is 0 Å². The summed E-state index contributed by atoms with van der Waals surface area (Å²) >= 11 is 27.2. The Morgan fingerprint density at radius 3 is 1.91 bits per heavy atom. The third-order valence-corrected chi connectivity index (χ3v) is 8.86. The van der Waals surface area contributed by atoms with Gasteiger partial charge in [-0.05, 0) is 43.5 Å². The van der Waals surface area contributed by atoms with E-state index in [0.29, 0.717) is 10.6 Å². The van der Waals surface area contributed by atoms with Crippen LogP contribution in [0.5, 0.6) is 0 Å². The molecule has 128 valence electrons. The van der Waals surface area contributed by atoms with Crippen LogP contribution in [0.3, 0.4) is 0 Å². The maximum Gasteiger partial charge on any atom is 0.160 e. The first-order valence-electron chi connectivity index (χ1n) is 7.54. The molecule has 2 rings (SSSR count). The minimum Gasteiger partial charge on any atom is -0.295 e. The molecule has 23 heavy (non-hydrogen) atoms. The van der Waals surface area contributed by atoms with Crippen molar-refractivity contribution in [2.24, 2.45) is 0 Å². The van der Waals surface area contributed by atoms with Crippen LogP contribution in [0.4, 0.5) is 0 Å². The van der Waals surface area contributed by atoms with Crippen LogP contribution in [0.15, 0.2) is 6.07 Å². The van der Waals surface area contributed by atoms with E-state index in [2.05, 4.69) is 0 Å². The zero-order valence-electron chi connectivity index (χ0n) is 14.5. The molecule has 5 heteroatoms. The summed E-state index contributed by atoms with van der Waals surface area (Å²) in [5, 5.41) is 0.571. The van der Waals surface area contributed by atoms with Crippen molar-refractivity contribution in [2.45, 2.75) is 68.5 Å². The third kappa shape index (κ3) is 2.23. The average Bonchev–Trinajstić information content (AvgIpc) is 2.38. The van der Waals surface area contributed by atoms with Gasteiger partial charge in [-0.15, -0.1) is 11.6 Å². The highest BCUT2D eigenvalue weighted by atomic mass is 35.5. The van der Waals surface area contributed by atoms with E-state index >= 15 is 0 Å². The van der Waals surface area contributed by atoms with Crippen LogP contribution in [0.1, 0.15) is 68.6 Å². The normalized spacial score (nSPS) is 27.4. The molecule has 0 bridgehead atoms. The Morgan fingerprint density at radius 2 is 1.48 bits per heavy atom. The standard InChI is InChI=1S/C18H22Cl4O/c1-9-11(10(2)23)8-12-13(14(9)19)16(5,6)17(7,20)18(21,22)15(12,3)4/h8H,1-7H3. The molecule has 0 saturated heterocycles. The van der Waals surface area contributed by atoms with Crippen LogP contribution in [0.25, 0.3) is 0 Å². The Labute approximate surface area is 158 Å². The molecule has 0 fully saturated rings. The van der Waals surface area contributed by atoms with Crippen molar-refractivity contribution >= 4 is 52.2 Å². The number of carbonyl (C=O) groups excluding carboxylic acids is 1. The van der Waals surface area contributed by atoms with Gasteiger partial charge in [0.2, 0.25) is 0 Å². The fraction of sp³-hybridized carbons (Fsp3) is 0.611. The summed E-state index contributed by atoms with van der Waals surface area (Å²) in [5.41, 5.74) is 1.90. The van der Waals surface area contributed by atoms with Crippen molar-refractivity contribution in [2.75, 3.05) is 0 Å². The number of rotatable bonds is 1. The molecule has 0 amide bonds. The zero-order chi connectivity index (χ0) is 18.2. The molecule has 0 N–H and O–H groups in total. The number of ketones is 1. The number of Topliss-reactive ketones (excluding diaryl/α,β-unsaturated/α-hetero) is 1. The number of benzene rings is 1. The fourth-order valence-electron chi connectivity index (χ4n) is 3.60. The van der Waals surface area contributed by atoms with Gasteiger partial charge < -0.3 is 0 Å². The second-order valence-corrected chi connectivity index (χ2v) is 10.1. The van der Waals surface area contributed by atoms with Gasteiger partial charge in [0.05, 0.1) is 4.87 Å². The molecular formula is C18H22Cl4O. The van der Waals surface area contributed by atoms with E-state index in [9.17, 15) is 4.79 Å². The molecule has 1 aliphatic rings. The third-order valence-electron chi connectivity index (χ3n) is 5.74. The van der Waals surface area contributed by atoms with Gasteiger partial charge >= 0.3 is 0 Å². The second kappa shape index (κ2) is 5.27. The number of carbonyl (C=O) groups is 1. The average molecular weight is 396 g/mol. The van der Waals surface area contributed by atoms with Crippen molar-refractivity contribution in [3.63, 3.8) is 0 Å². The van der Waals surface area contributed by atoms with Gasteiger partial charge in [-0.1, -0.05) is 62.5 Å². The maximum absolute atomic E-state index is 12.0. The van der Waals surface area contributed by atoms with Crippen LogP contribution in [-0.4, -0.2) is 15.0 Å². The minimum absolute atomic E-state index is 0.0326. The smallest absolute Gasteiger partial charge is 0.160 e. The van der Waals surface area contributed by atoms with Crippen LogP contribution in [0.2, 0.25) is 5.02 Å². The second-order valence-electron chi connectivity index (χ2n) is 7.67. The lowest BCUT2D eigenvalue weighted by Crippen LogP contribution is -2.64. The van der Waals surface area contributed by atoms with Gasteiger partial charge in [0.25, 0.3) is 0 Å². The van der Waals surface area contributed by atoms with Crippen LogP contribution in [-0.2, 0) is 10.8 Å². The van der Waals surface area contributed by atoms with Crippen molar-refractivity contribution in [1.82, 2.24) is 0 Å². The lowest BCUT2D eigenvalue weighted by atomic mass is 9.56. The lowest BCUT2D eigenvalue weighted by Gasteiger charge is -2.59. The molecule has 0 aromatic heterocycles. The number of halogens is 4. The molecule has 1 aromatic rings. The lowest BCUT2D eigenvalue weighted by molar-refractivity contribution is 0.101. The highest BCUT2D eigenvalue weighted by Gasteiger charge is 2.66. The zero-order valence-corrected chi connectivity index (χ0v) is 17.5. The largest absolute Gasteiger partial charge is 0.295 e. The summed E-state index contributed by atoms with van der Waals surface area (Å²) in [4.78, 5) is 11.1. The monoisotopic (exact) mass is 394 g/mol. The molecule has 1 unspecified atom stereocenters. The highest BCUT2D eigenvalue weighted by molar-refractivity contribution is 6.55. The Hall–Kier alpha value is 0.0500. The van der Waals surface area contributed by atoms with Gasteiger partial charge in [0, 0.05) is 21.4 Å². The Kier molecular flexibility index (Phi) is 4.44. The number of alkyl halides is 3. The van der Waals surface area contributed by atoms with Crippen molar-refractivity contribution < 1.29 is 4.79 Å². The van der Waals surface area contributed by atoms with Crippen LogP contribution >= 0.6 is 46.4 Å². The first-order valence-corrected chi connectivity index (χ1v) is 9.05. The molecule has 0 spiro atoms. The summed E-state index contributed by atoms with van der Waals surface area (Å²) in [6, 6.07) is 1.88. The fourth-order valence-corrected chi connectivity index (χ4v) is 5.05. The van der Waals surface area contributed by atoms with Crippen LogP contribution < -0.4 is 0 Å². The molecule has 0 saturated carbocycles. The number of fused-ring (bicyclic) bond motifs is 1. The topological polar surface area (TPSA) is 17.1 Å². The molecule has 1 atom stereocenters. The first kappa shape index (κ1) is 19.4. The molecule has 1 aromatic carbocycles. The quantitative estimate of drug-likeness (QED) is 0.387. The van der Waals surface area contributed by atoms with Gasteiger partial charge in [0.1, 0.15) is 4.33 Å². The summed E-state index contributed by atoms with van der Waals surface area (Å²) in [6.45, 7) is 13.1. The Morgan fingerprint density at radius 1 is 1.00 bits per heavy atom. The Bertz CT molecular complexity index is 699. The van der Waals surface area contributed by atoms with Crippen LogP contribution in [0, 0.1) is 6.92 Å². The molecule has 0 heterocycles. The summed E-state index contributed by atoms with van der Waals surface area (Å²) in [6.07, 6.45) is 0. The van der Waals surface area contributed by atoms with E-state index in [1.165, 1.54) is 6.92 Å². The van der Waals surface area contributed by atoms with Gasteiger partial charge in [0.15, 0.2) is 5.78 Å². The predicted molar refractivity (Wildman–Crippen MR) is 101 cm³/mol. The summed E-state index contributed by atoms with van der Waals surface area (Å²) < 4.78 is -1.25. The maximum atomic E-state index is 12.0. The predicted octanol–water partition coefficient (Wildman–Crippen LogP) is 6.59. The van der Waals surface area contributed by atoms with Crippen molar-refractivity contribution in [1.29, 1.82) is 0 Å². The van der Waals surface area contributed by atoms with E-state index < -0.39 is 20.0 Å². The molecule has 0 aliphatic heterocycles. The van der Waals surface area contributed by atoms with Crippen molar-refractivity contribution in [3.8, 4) is 0 Å². The molecule has 1 aliphatic carbocycles. The number of hydrogen-bond acceptors (Lipinski definition) is 1. The number of hydrogen-bond donors (Lipinski definition) is 0. The van der Waals surface area contributed by atoms with Gasteiger partial charge in [-0.3, -0.25) is 4.79 Å². The first-order chi connectivity index (χ1) is 10.1. The van der Waals surface area contributed by atoms with E-state index in [4.69, 9.17) is 46.4 Å². The van der Waals surface area contributed by atoms with E-state index in [0.717, 1.165) is 16.7 Å². The van der Waals surface area contributed by atoms with Crippen molar-refractivity contribution in [3.05, 3.63) is 33.3 Å². The van der Waals surface area contributed by atoms with Gasteiger partial charge in [-0.25, -0.2) is 0 Å². The summed E-state index contributed by atoms with van der Waals surface area (Å²) in [5.74, 6) is -0.0326. The molecular weight excluding hydrogens is 374 g/mol. The van der Waals surface area contributed by atoms with Gasteiger partial charge in [-0.2, -0.15) is 0 Å². The van der Waals surface area contributed by atoms with E-state index in [-0.39, 0.29) is 5.78 Å². The van der Waals surface area contributed by atoms with E-state index in [1.807, 2.05) is 47.6 Å². The SMILES string of the molecule is CC(=O)c1cc2c(c(Cl)c1C)C(C)(C)C(C)(Cl)C(Cl)(Cl)C2(C)C. The minimum atomic E-state index is -1.25.